The highest BCUT2D eigenvalue weighted by molar-refractivity contribution is 6.03. The van der Waals surface area contributed by atoms with Crippen LogP contribution in [0.2, 0.25) is 0 Å². The highest BCUT2D eigenvalue weighted by atomic mass is 16.2. The summed E-state index contributed by atoms with van der Waals surface area (Å²) in [6.45, 7) is 5.27. The fraction of sp³-hybridized carbons (Fsp3) is 0.440. The standard InChI is InChI=1S/C25H30N4O2/c30-18-26-21-10-9-20-8-7-19-4-1-2-6-23(19)29(24(20)16-21)25(31)11-13-27-14-15-28-12-3-5-22(28)17-27/h1-2,4,6,9-10,16,18,22H,3,5,7-8,11-15,17H2,(H,26,30). The Morgan fingerprint density at radius 1 is 1.03 bits per heavy atom. The summed E-state index contributed by atoms with van der Waals surface area (Å²) in [6.07, 6.45) is 5.53. The molecule has 162 valence electrons. The van der Waals surface area contributed by atoms with Crippen molar-refractivity contribution in [2.24, 2.45) is 0 Å². The van der Waals surface area contributed by atoms with Crippen LogP contribution in [0.15, 0.2) is 42.5 Å². The molecule has 3 aliphatic heterocycles. The third-order valence-electron chi connectivity index (χ3n) is 7.01. The fourth-order valence-corrected chi connectivity index (χ4v) is 5.37. The summed E-state index contributed by atoms with van der Waals surface area (Å²) in [5.74, 6) is 0.118. The molecule has 1 atom stereocenters. The summed E-state index contributed by atoms with van der Waals surface area (Å²) in [4.78, 5) is 31.5. The molecule has 2 saturated heterocycles. The van der Waals surface area contributed by atoms with Gasteiger partial charge in [0.05, 0.1) is 11.4 Å². The molecule has 2 aromatic carbocycles. The van der Waals surface area contributed by atoms with Gasteiger partial charge in [-0.3, -0.25) is 24.3 Å². The minimum atomic E-state index is 0.118. The van der Waals surface area contributed by atoms with Gasteiger partial charge in [0, 0.05) is 44.3 Å². The van der Waals surface area contributed by atoms with Gasteiger partial charge in [0.2, 0.25) is 12.3 Å². The van der Waals surface area contributed by atoms with E-state index >= 15 is 0 Å². The molecule has 0 bridgehead atoms. The van der Waals surface area contributed by atoms with Crippen LogP contribution in [0.5, 0.6) is 0 Å². The third kappa shape index (κ3) is 4.10. The largest absolute Gasteiger partial charge is 0.329 e. The Labute approximate surface area is 183 Å². The van der Waals surface area contributed by atoms with Crippen LogP contribution in [-0.2, 0) is 22.4 Å². The normalized spacial score (nSPS) is 21.0. The number of anilines is 3. The van der Waals surface area contributed by atoms with Gasteiger partial charge in [0.15, 0.2) is 0 Å². The Bertz CT molecular complexity index is 976. The number of rotatable bonds is 5. The van der Waals surface area contributed by atoms with Crippen molar-refractivity contribution in [3.8, 4) is 0 Å². The smallest absolute Gasteiger partial charge is 0.232 e. The monoisotopic (exact) mass is 418 g/mol. The predicted octanol–water partition coefficient (Wildman–Crippen LogP) is 3.19. The molecule has 2 aromatic rings. The molecule has 3 heterocycles. The zero-order valence-electron chi connectivity index (χ0n) is 17.9. The molecule has 2 fully saturated rings. The molecule has 2 amide bonds. The van der Waals surface area contributed by atoms with Crippen LogP contribution < -0.4 is 10.2 Å². The van der Waals surface area contributed by atoms with E-state index in [9.17, 15) is 9.59 Å². The van der Waals surface area contributed by atoms with E-state index in [1.54, 1.807) is 0 Å². The van der Waals surface area contributed by atoms with Crippen LogP contribution in [0.25, 0.3) is 0 Å². The van der Waals surface area contributed by atoms with Gasteiger partial charge in [-0.05, 0) is 61.6 Å². The SMILES string of the molecule is O=CNc1ccc2c(c1)N(C(=O)CCN1CCN3CCCC3C1)c1ccccc1CC2. The van der Waals surface area contributed by atoms with E-state index in [1.165, 1.54) is 24.9 Å². The number of hydrogen-bond donors (Lipinski definition) is 1. The van der Waals surface area contributed by atoms with Crippen LogP contribution in [0, 0.1) is 0 Å². The number of fused-ring (bicyclic) bond motifs is 3. The quantitative estimate of drug-likeness (QED) is 0.758. The minimum Gasteiger partial charge on any atom is -0.329 e. The average molecular weight is 419 g/mol. The third-order valence-corrected chi connectivity index (χ3v) is 7.01. The molecular weight excluding hydrogens is 388 g/mol. The maximum absolute atomic E-state index is 13.6. The van der Waals surface area contributed by atoms with E-state index < -0.39 is 0 Å². The number of hydrogen-bond acceptors (Lipinski definition) is 4. The summed E-state index contributed by atoms with van der Waals surface area (Å²) >= 11 is 0. The first-order valence-electron chi connectivity index (χ1n) is 11.4. The lowest BCUT2D eigenvalue weighted by Crippen LogP contribution is -2.50. The first kappa shape index (κ1) is 20.2. The summed E-state index contributed by atoms with van der Waals surface area (Å²) < 4.78 is 0. The van der Waals surface area contributed by atoms with E-state index in [-0.39, 0.29) is 5.91 Å². The number of aryl methyl sites for hydroxylation is 2. The molecule has 0 radical (unpaired) electrons. The topological polar surface area (TPSA) is 55.9 Å². The van der Waals surface area contributed by atoms with Crippen LogP contribution >= 0.6 is 0 Å². The van der Waals surface area contributed by atoms with Gasteiger partial charge < -0.3 is 5.32 Å². The second-order valence-electron chi connectivity index (χ2n) is 8.85. The number of amides is 2. The van der Waals surface area contributed by atoms with Gasteiger partial charge in [-0.15, -0.1) is 0 Å². The Morgan fingerprint density at radius 3 is 2.74 bits per heavy atom. The van der Waals surface area contributed by atoms with E-state index in [4.69, 9.17) is 0 Å². The Kier molecular flexibility index (Phi) is 5.74. The van der Waals surface area contributed by atoms with Crippen molar-refractivity contribution in [3.05, 3.63) is 53.6 Å². The van der Waals surface area contributed by atoms with Crippen molar-refractivity contribution in [2.45, 2.75) is 38.1 Å². The molecule has 0 aromatic heterocycles. The molecular formula is C25H30N4O2. The summed E-state index contributed by atoms with van der Waals surface area (Å²) in [7, 11) is 0. The lowest BCUT2D eigenvalue weighted by molar-refractivity contribution is -0.118. The second-order valence-corrected chi connectivity index (χ2v) is 8.85. The molecule has 6 heteroatoms. The number of piperazine rings is 1. The van der Waals surface area contributed by atoms with Gasteiger partial charge in [-0.1, -0.05) is 24.3 Å². The molecule has 1 unspecified atom stereocenters. The number of carbonyl (C=O) groups is 2. The zero-order chi connectivity index (χ0) is 21.2. The maximum Gasteiger partial charge on any atom is 0.232 e. The molecule has 0 spiro atoms. The summed E-state index contributed by atoms with van der Waals surface area (Å²) in [6, 6.07) is 14.7. The van der Waals surface area contributed by atoms with Crippen molar-refractivity contribution in [3.63, 3.8) is 0 Å². The number of carbonyl (C=O) groups excluding carboxylic acids is 2. The minimum absolute atomic E-state index is 0.118. The molecule has 31 heavy (non-hydrogen) atoms. The van der Waals surface area contributed by atoms with Gasteiger partial charge in [0.1, 0.15) is 0 Å². The second kappa shape index (κ2) is 8.81. The van der Waals surface area contributed by atoms with E-state index in [0.29, 0.717) is 24.6 Å². The highest BCUT2D eigenvalue weighted by Crippen LogP contribution is 2.38. The molecule has 5 rings (SSSR count). The number of para-hydroxylation sites is 1. The van der Waals surface area contributed by atoms with Crippen LogP contribution in [0.1, 0.15) is 30.4 Å². The molecule has 0 aliphatic carbocycles. The van der Waals surface area contributed by atoms with E-state index in [2.05, 4.69) is 21.2 Å². The van der Waals surface area contributed by atoms with Crippen molar-refractivity contribution in [1.82, 2.24) is 9.80 Å². The van der Waals surface area contributed by atoms with Gasteiger partial charge in [0.25, 0.3) is 0 Å². The van der Waals surface area contributed by atoms with E-state index in [0.717, 1.165) is 56.0 Å². The number of nitrogens with one attached hydrogen (secondary N) is 1. The van der Waals surface area contributed by atoms with Crippen LogP contribution in [-0.4, -0.2) is 60.9 Å². The fourth-order valence-electron chi connectivity index (χ4n) is 5.37. The Hall–Kier alpha value is -2.70. The van der Waals surface area contributed by atoms with Gasteiger partial charge in [-0.2, -0.15) is 0 Å². The number of nitrogens with zero attached hydrogens (tertiary/aromatic N) is 3. The lowest BCUT2D eigenvalue weighted by atomic mass is 10.0. The first-order chi connectivity index (χ1) is 15.2. The molecule has 1 N–H and O–H groups in total. The van der Waals surface area contributed by atoms with Gasteiger partial charge >= 0.3 is 0 Å². The van der Waals surface area contributed by atoms with Crippen molar-refractivity contribution in [1.29, 1.82) is 0 Å². The summed E-state index contributed by atoms with van der Waals surface area (Å²) in [5.41, 5.74) is 4.90. The van der Waals surface area contributed by atoms with Crippen LogP contribution in [0.4, 0.5) is 17.1 Å². The summed E-state index contributed by atoms with van der Waals surface area (Å²) in [5, 5.41) is 2.74. The molecule has 3 aliphatic rings. The average Bonchev–Trinajstić information content (AvgIpc) is 3.19. The first-order valence-corrected chi connectivity index (χ1v) is 11.4. The predicted molar refractivity (Wildman–Crippen MR) is 123 cm³/mol. The van der Waals surface area contributed by atoms with E-state index in [1.807, 2.05) is 41.3 Å². The molecule has 0 saturated carbocycles. The lowest BCUT2D eigenvalue weighted by Gasteiger charge is -2.37. The highest BCUT2D eigenvalue weighted by Gasteiger charge is 2.31. The number of benzene rings is 2. The van der Waals surface area contributed by atoms with Crippen molar-refractivity contribution >= 4 is 29.4 Å². The Morgan fingerprint density at radius 2 is 1.87 bits per heavy atom. The van der Waals surface area contributed by atoms with Crippen molar-refractivity contribution < 1.29 is 9.59 Å². The zero-order valence-corrected chi connectivity index (χ0v) is 17.9. The van der Waals surface area contributed by atoms with Crippen molar-refractivity contribution in [2.75, 3.05) is 42.9 Å². The Balaban J connectivity index is 1.39. The molecule has 6 nitrogen and oxygen atoms in total. The van der Waals surface area contributed by atoms with Crippen LogP contribution in [0.3, 0.4) is 0 Å². The maximum atomic E-state index is 13.6. The van der Waals surface area contributed by atoms with Gasteiger partial charge in [-0.25, -0.2) is 0 Å².